The molecule has 4 nitrogen and oxygen atoms in total. The zero-order chi connectivity index (χ0) is 14.7. The van der Waals surface area contributed by atoms with Gasteiger partial charge in [0.15, 0.2) is 0 Å². The summed E-state index contributed by atoms with van der Waals surface area (Å²) >= 11 is 0. The van der Waals surface area contributed by atoms with Crippen molar-refractivity contribution in [3.63, 3.8) is 0 Å². The largest absolute Gasteiger partial charge is 0.370 e. The summed E-state index contributed by atoms with van der Waals surface area (Å²) < 4.78 is 18.8. The van der Waals surface area contributed by atoms with Gasteiger partial charge in [0.25, 0.3) is 0 Å². The number of aromatic nitrogens is 1. The van der Waals surface area contributed by atoms with Crippen LogP contribution >= 0.6 is 0 Å². The Balaban J connectivity index is 1.83. The van der Waals surface area contributed by atoms with Crippen LogP contribution in [0.5, 0.6) is 0 Å². The zero-order valence-electron chi connectivity index (χ0n) is 11.4. The highest BCUT2D eigenvalue weighted by Crippen LogP contribution is 2.26. The molecule has 2 heterocycles. The third-order valence-corrected chi connectivity index (χ3v) is 3.51. The van der Waals surface area contributed by atoms with Crippen molar-refractivity contribution in [3.05, 3.63) is 59.5 Å². The van der Waals surface area contributed by atoms with Crippen molar-refractivity contribution in [2.75, 3.05) is 24.6 Å². The number of pyridine rings is 1. The van der Waals surface area contributed by atoms with E-state index < -0.39 is 0 Å². The summed E-state index contributed by atoms with van der Waals surface area (Å²) in [5.74, 6) is 0.415. The van der Waals surface area contributed by atoms with Gasteiger partial charge in [-0.15, -0.1) is 0 Å². The molecule has 0 saturated carbocycles. The van der Waals surface area contributed by atoms with E-state index in [1.54, 1.807) is 30.5 Å². The van der Waals surface area contributed by atoms with E-state index in [4.69, 9.17) is 4.74 Å². The summed E-state index contributed by atoms with van der Waals surface area (Å²) in [4.78, 5) is 6.34. The van der Waals surface area contributed by atoms with Crippen LogP contribution in [0.4, 0.5) is 10.2 Å². The fraction of sp³-hybridized carbons (Fsp3) is 0.250. The lowest BCUT2D eigenvalue weighted by Gasteiger charge is -2.34. The van der Waals surface area contributed by atoms with Crippen LogP contribution in [0.15, 0.2) is 42.6 Å². The van der Waals surface area contributed by atoms with Crippen molar-refractivity contribution in [1.29, 1.82) is 5.26 Å². The first kappa shape index (κ1) is 13.5. The highest BCUT2D eigenvalue weighted by molar-refractivity contribution is 5.53. The first-order valence-electron chi connectivity index (χ1n) is 6.75. The minimum absolute atomic E-state index is 0.145. The molecule has 0 N–H and O–H groups in total. The second kappa shape index (κ2) is 5.90. The molecule has 106 valence electrons. The number of benzene rings is 1. The molecular formula is C16H14FN3O. The molecule has 21 heavy (non-hydrogen) atoms. The van der Waals surface area contributed by atoms with Crippen LogP contribution in [-0.4, -0.2) is 24.7 Å². The molecule has 1 saturated heterocycles. The van der Waals surface area contributed by atoms with E-state index in [1.807, 2.05) is 4.90 Å². The normalized spacial score (nSPS) is 18.3. The van der Waals surface area contributed by atoms with E-state index in [9.17, 15) is 9.65 Å². The standard InChI is InChI=1S/C16H14FN3O/c17-14-5-3-12(4-6-14)15-11-20(8-9-21-15)16-13(10-18)2-1-7-19-16/h1-7,15H,8-9,11H2. The van der Waals surface area contributed by atoms with E-state index in [0.29, 0.717) is 31.1 Å². The Bertz CT molecular complexity index is 666. The molecular weight excluding hydrogens is 269 g/mol. The summed E-state index contributed by atoms with van der Waals surface area (Å²) in [6.07, 6.45) is 1.53. The van der Waals surface area contributed by atoms with Crippen molar-refractivity contribution < 1.29 is 9.13 Å². The van der Waals surface area contributed by atoms with Crippen molar-refractivity contribution in [3.8, 4) is 6.07 Å². The smallest absolute Gasteiger partial charge is 0.146 e. The molecule has 1 atom stereocenters. The van der Waals surface area contributed by atoms with Crippen molar-refractivity contribution in [2.45, 2.75) is 6.10 Å². The maximum atomic E-state index is 13.0. The zero-order valence-corrected chi connectivity index (χ0v) is 11.4. The Labute approximate surface area is 122 Å². The molecule has 0 amide bonds. The van der Waals surface area contributed by atoms with Gasteiger partial charge in [0.05, 0.1) is 12.2 Å². The number of nitrogens with zero attached hydrogens (tertiary/aromatic N) is 3. The first-order chi connectivity index (χ1) is 10.3. The molecule has 1 aromatic heterocycles. The van der Waals surface area contributed by atoms with E-state index >= 15 is 0 Å². The second-order valence-electron chi connectivity index (χ2n) is 4.84. The minimum Gasteiger partial charge on any atom is -0.370 e. The van der Waals surface area contributed by atoms with Crippen molar-refractivity contribution >= 4 is 5.82 Å². The lowest BCUT2D eigenvalue weighted by atomic mass is 10.1. The number of morpholine rings is 1. The molecule has 1 fully saturated rings. The molecule has 2 aromatic rings. The van der Waals surface area contributed by atoms with Gasteiger partial charge < -0.3 is 9.64 Å². The fourth-order valence-corrected chi connectivity index (χ4v) is 2.46. The van der Waals surface area contributed by atoms with Crippen molar-refractivity contribution in [2.24, 2.45) is 0 Å². The molecule has 0 bridgehead atoms. The summed E-state index contributed by atoms with van der Waals surface area (Å²) in [6, 6.07) is 12.0. The van der Waals surface area contributed by atoms with E-state index in [2.05, 4.69) is 11.1 Å². The molecule has 5 heteroatoms. The van der Waals surface area contributed by atoms with Crippen LogP contribution < -0.4 is 4.90 Å². The number of nitriles is 1. The van der Waals surface area contributed by atoms with Crippen LogP contribution in [-0.2, 0) is 4.74 Å². The highest BCUT2D eigenvalue weighted by atomic mass is 19.1. The molecule has 1 aliphatic heterocycles. The molecule has 1 aliphatic rings. The van der Waals surface area contributed by atoms with E-state index in [1.165, 1.54) is 12.1 Å². The predicted molar refractivity (Wildman–Crippen MR) is 76.3 cm³/mol. The van der Waals surface area contributed by atoms with E-state index in [-0.39, 0.29) is 11.9 Å². The molecule has 3 rings (SSSR count). The lowest BCUT2D eigenvalue weighted by molar-refractivity contribution is 0.0395. The Morgan fingerprint density at radius 1 is 1.29 bits per heavy atom. The number of ether oxygens (including phenoxy) is 1. The average Bonchev–Trinajstić information content (AvgIpc) is 2.55. The maximum absolute atomic E-state index is 13.0. The molecule has 1 unspecified atom stereocenters. The van der Waals surface area contributed by atoms with Crippen molar-refractivity contribution in [1.82, 2.24) is 4.98 Å². The number of hydrogen-bond acceptors (Lipinski definition) is 4. The van der Waals surface area contributed by atoms with Gasteiger partial charge in [0.2, 0.25) is 0 Å². The average molecular weight is 283 g/mol. The van der Waals surface area contributed by atoms with Gasteiger partial charge >= 0.3 is 0 Å². The van der Waals surface area contributed by atoms with Crippen LogP contribution in [0.25, 0.3) is 0 Å². The number of anilines is 1. The fourth-order valence-electron chi connectivity index (χ4n) is 2.46. The first-order valence-corrected chi connectivity index (χ1v) is 6.75. The Kier molecular flexibility index (Phi) is 3.80. The second-order valence-corrected chi connectivity index (χ2v) is 4.84. The third kappa shape index (κ3) is 2.86. The molecule has 0 spiro atoms. The molecule has 1 aromatic carbocycles. The highest BCUT2D eigenvalue weighted by Gasteiger charge is 2.24. The van der Waals surface area contributed by atoms with Gasteiger partial charge in [-0.05, 0) is 29.8 Å². The quantitative estimate of drug-likeness (QED) is 0.850. The van der Waals surface area contributed by atoms with Crippen LogP contribution in [0.2, 0.25) is 0 Å². The van der Waals surface area contributed by atoms with Gasteiger partial charge in [-0.3, -0.25) is 0 Å². The van der Waals surface area contributed by atoms with Crippen LogP contribution in [0.1, 0.15) is 17.2 Å². The Hall–Kier alpha value is -2.45. The van der Waals surface area contributed by atoms with Gasteiger partial charge in [-0.25, -0.2) is 9.37 Å². The number of hydrogen-bond donors (Lipinski definition) is 0. The summed E-state index contributed by atoms with van der Waals surface area (Å²) in [6.45, 7) is 1.82. The summed E-state index contributed by atoms with van der Waals surface area (Å²) in [5, 5.41) is 9.17. The van der Waals surface area contributed by atoms with Gasteiger partial charge in [0.1, 0.15) is 23.8 Å². The minimum atomic E-state index is -0.261. The molecule has 0 radical (unpaired) electrons. The van der Waals surface area contributed by atoms with Gasteiger partial charge in [-0.2, -0.15) is 5.26 Å². The third-order valence-electron chi connectivity index (χ3n) is 3.51. The summed E-state index contributed by atoms with van der Waals surface area (Å²) in [7, 11) is 0. The monoisotopic (exact) mass is 283 g/mol. The Morgan fingerprint density at radius 3 is 2.86 bits per heavy atom. The number of halogens is 1. The maximum Gasteiger partial charge on any atom is 0.146 e. The Morgan fingerprint density at radius 2 is 2.10 bits per heavy atom. The van der Waals surface area contributed by atoms with Crippen LogP contribution in [0, 0.1) is 17.1 Å². The SMILES string of the molecule is N#Cc1cccnc1N1CCOC(c2ccc(F)cc2)C1. The van der Waals surface area contributed by atoms with Crippen LogP contribution in [0.3, 0.4) is 0 Å². The predicted octanol–water partition coefficient (Wildman–Crippen LogP) is 2.67. The lowest BCUT2D eigenvalue weighted by Crippen LogP contribution is -2.39. The van der Waals surface area contributed by atoms with E-state index in [0.717, 1.165) is 5.56 Å². The van der Waals surface area contributed by atoms with Gasteiger partial charge in [0, 0.05) is 19.3 Å². The van der Waals surface area contributed by atoms with Gasteiger partial charge in [-0.1, -0.05) is 12.1 Å². The number of rotatable bonds is 2. The summed E-state index contributed by atoms with van der Waals surface area (Å²) in [5.41, 5.74) is 1.48. The molecule has 0 aliphatic carbocycles. The topological polar surface area (TPSA) is 49.2 Å².